The van der Waals surface area contributed by atoms with E-state index in [4.69, 9.17) is 5.26 Å². The van der Waals surface area contributed by atoms with Gasteiger partial charge in [-0.15, -0.1) is 11.8 Å². The Balaban J connectivity index is 2.59. The molecule has 1 aromatic rings. The van der Waals surface area contributed by atoms with Crippen molar-refractivity contribution in [2.75, 3.05) is 25.5 Å². The molecule has 1 atom stereocenters. The lowest BCUT2D eigenvalue weighted by Gasteiger charge is -2.18. The second-order valence-electron chi connectivity index (χ2n) is 5.44. The molecule has 1 unspecified atom stereocenters. The van der Waals surface area contributed by atoms with Crippen LogP contribution >= 0.6 is 11.8 Å². The highest BCUT2D eigenvalue weighted by Crippen LogP contribution is 2.31. The number of nitrogens with one attached hydrogen (secondary N) is 1. The number of hydrogen-bond acceptors (Lipinski definition) is 4. The molecule has 0 bridgehead atoms. The van der Waals surface area contributed by atoms with Crippen LogP contribution in [0.5, 0.6) is 0 Å². The highest BCUT2D eigenvalue weighted by atomic mass is 32.2. The minimum absolute atomic E-state index is 0.0718. The fraction of sp³-hybridized carbons (Fsp3) is 0.500. The van der Waals surface area contributed by atoms with Gasteiger partial charge >= 0.3 is 6.18 Å². The molecule has 1 amide bonds. The molecule has 0 aliphatic rings. The Hall–Kier alpha value is -1.72. The average molecular weight is 359 g/mol. The quantitative estimate of drug-likeness (QED) is 0.715. The van der Waals surface area contributed by atoms with Crippen LogP contribution in [0.1, 0.15) is 19.8 Å². The molecule has 0 heterocycles. The fourth-order valence-corrected chi connectivity index (χ4v) is 2.89. The molecule has 1 N–H and O–H groups in total. The molecule has 4 nitrogen and oxygen atoms in total. The number of benzene rings is 1. The van der Waals surface area contributed by atoms with E-state index < -0.39 is 12.6 Å². The summed E-state index contributed by atoms with van der Waals surface area (Å²) < 4.78 is 36.6. The molecule has 0 radical (unpaired) electrons. The number of para-hydroxylation sites is 1. The van der Waals surface area contributed by atoms with Crippen LogP contribution in [0.2, 0.25) is 0 Å². The first-order valence-electron chi connectivity index (χ1n) is 7.39. The Labute approximate surface area is 144 Å². The minimum Gasteiger partial charge on any atom is -0.324 e. The lowest BCUT2D eigenvalue weighted by molar-refractivity contribution is -0.138. The van der Waals surface area contributed by atoms with Crippen LogP contribution < -0.4 is 5.32 Å². The van der Waals surface area contributed by atoms with Gasteiger partial charge in [-0.05, 0) is 19.2 Å². The van der Waals surface area contributed by atoms with E-state index in [1.165, 1.54) is 23.7 Å². The van der Waals surface area contributed by atoms with Crippen molar-refractivity contribution in [1.82, 2.24) is 4.90 Å². The zero-order valence-corrected chi connectivity index (χ0v) is 14.4. The number of thioether (sulfide) groups is 1. The van der Waals surface area contributed by atoms with Crippen LogP contribution in [0.4, 0.5) is 18.9 Å². The van der Waals surface area contributed by atoms with Crippen molar-refractivity contribution in [3.8, 4) is 6.07 Å². The molecule has 0 aromatic heterocycles. The van der Waals surface area contributed by atoms with Gasteiger partial charge in [0.05, 0.1) is 24.7 Å². The first-order chi connectivity index (χ1) is 11.2. The Morgan fingerprint density at radius 3 is 2.71 bits per heavy atom. The second-order valence-corrected chi connectivity index (χ2v) is 6.92. The van der Waals surface area contributed by atoms with Crippen molar-refractivity contribution in [1.29, 1.82) is 5.26 Å². The summed E-state index contributed by atoms with van der Waals surface area (Å²) in [6.07, 6.45) is -4.80. The maximum atomic E-state index is 12.2. The Bertz CT molecular complexity index is 587. The average Bonchev–Trinajstić information content (AvgIpc) is 2.46. The number of rotatable bonds is 8. The molecular formula is C16H20F3N3OS. The van der Waals surface area contributed by atoms with Gasteiger partial charge < -0.3 is 5.32 Å². The molecule has 0 fully saturated rings. The number of likely N-dealkylation sites (N-methyl/N-ethyl adjacent to an activating group) is 1. The largest absolute Gasteiger partial charge is 0.390 e. The van der Waals surface area contributed by atoms with Crippen molar-refractivity contribution in [2.45, 2.75) is 36.1 Å². The zero-order valence-electron chi connectivity index (χ0n) is 13.6. The summed E-state index contributed by atoms with van der Waals surface area (Å²) in [5, 5.41) is 11.5. The molecule has 1 rings (SSSR count). The summed E-state index contributed by atoms with van der Waals surface area (Å²) in [5.74, 6) is -0.374. The molecule has 0 spiro atoms. The highest BCUT2D eigenvalue weighted by Gasteiger charge is 2.27. The normalized spacial score (nSPS) is 12.7. The van der Waals surface area contributed by atoms with Gasteiger partial charge in [0.25, 0.3) is 0 Å². The van der Waals surface area contributed by atoms with E-state index in [2.05, 4.69) is 11.4 Å². The van der Waals surface area contributed by atoms with Crippen LogP contribution in [0.15, 0.2) is 29.2 Å². The van der Waals surface area contributed by atoms with E-state index in [0.29, 0.717) is 12.1 Å². The third-order valence-electron chi connectivity index (χ3n) is 3.06. The molecule has 0 saturated carbocycles. The zero-order chi connectivity index (χ0) is 18.2. The smallest absolute Gasteiger partial charge is 0.324 e. The van der Waals surface area contributed by atoms with Crippen LogP contribution in [0, 0.1) is 11.3 Å². The number of nitriles is 1. The number of carbonyl (C=O) groups is 1. The third kappa shape index (κ3) is 8.22. The van der Waals surface area contributed by atoms with Gasteiger partial charge in [0.2, 0.25) is 5.91 Å². The SMILES string of the molecule is CC(CC#N)Sc1ccccc1NC(=O)CN(C)CCC(F)(F)F. The number of amides is 1. The predicted octanol–water partition coefficient (Wildman–Crippen LogP) is 3.90. The van der Waals surface area contributed by atoms with Crippen molar-refractivity contribution in [2.24, 2.45) is 0 Å². The van der Waals surface area contributed by atoms with E-state index in [1.807, 2.05) is 19.1 Å². The predicted molar refractivity (Wildman–Crippen MR) is 88.8 cm³/mol. The monoisotopic (exact) mass is 359 g/mol. The maximum Gasteiger partial charge on any atom is 0.390 e. The van der Waals surface area contributed by atoms with Crippen molar-refractivity contribution < 1.29 is 18.0 Å². The number of carbonyl (C=O) groups excluding carboxylic acids is 1. The van der Waals surface area contributed by atoms with E-state index in [1.54, 1.807) is 12.1 Å². The van der Waals surface area contributed by atoms with Gasteiger partial charge in [0.1, 0.15) is 0 Å². The number of alkyl halides is 3. The number of nitrogens with zero attached hydrogens (tertiary/aromatic N) is 2. The standard InChI is InChI=1S/C16H20F3N3OS/c1-12(7-9-20)24-14-6-4-3-5-13(14)21-15(23)11-22(2)10-8-16(17,18)19/h3-6,12H,7-8,10-11H2,1-2H3,(H,21,23). The molecule has 0 aliphatic heterocycles. The molecule has 1 aromatic carbocycles. The summed E-state index contributed by atoms with van der Waals surface area (Å²) in [4.78, 5) is 14.2. The van der Waals surface area contributed by atoms with E-state index in [9.17, 15) is 18.0 Å². The molecule has 8 heteroatoms. The van der Waals surface area contributed by atoms with Gasteiger partial charge in [-0.25, -0.2) is 0 Å². The minimum atomic E-state index is -4.23. The van der Waals surface area contributed by atoms with Crippen LogP contribution in [-0.4, -0.2) is 42.4 Å². The Kier molecular flexibility index (Phi) is 8.08. The number of hydrogen-bond donors (Lipinski definition) is 1. The maximum absolute atomic E-state index is 12.2. The summed E-state index contributed by atoms with van der Waals surface area (Å²) in [5.41, 5.74) is 0.599. The van der Waals surface area contributed by atoms with E-state index in [0.717, 1.165) is 4.90 Å². The Morgan fingerprint density at radius 1 is 1.42 bits per heavy atom. The van der Waals surface area contributed by atoms with Crippen LogP contribution in [-0.2, 0) is 4.79 Å². The molecule has 0 aliphatic carbocycles. The molecule has 132 valence electrons. The lowest BCUT2D eigenvalue weighted by Crippen LogP contribution is -2.32. The number of halogens is 3. The van der Waals surface area contributed by atoms with E-state index in [-0.39, 0.29) is 24.2 Å². The summed E-state index contributed by atoms with van der Waals surface area (Å²) in [7, 11) is 1.47. The van der Waals surface area contributed by atoms with Crippen molar-refractivity contribution in [3.05, 3.63) is 24.3 Å². The fourth-order valence-electron chi connectivity index (χ4n) is 1.89. The van der Waals surface area contributed by atoms with Gasteiger partial charge in [-0.3, -0.25) is 9.69 Å². The van der Waals surface area contributed by atoms with Crippen LogP contribution in [0.3, 0.4) is 0 Å². The highest BCUT2D eigenvalue weighted by molar-refractivity contribution is 8.00. The van der Waals surface area contributed by atoms with Gasteiger partial charge in [-0.1, -0.05) is 19.1 Å². The molecular weight excluding hydrogens is 339 g/mol. The first kappa shape index (κ1) is 20.3. The van der Waals surface area contributed by atoms with Gasteiger partial charge in [0.15, 0.2) is 0 Å². The van der Waals surface area contributed by atoms with Crippen molar-refractivity contribution >= 4 is 23.4 Å². The third-order valence-corrected chi connectivity index (χ3v) is 4.24. The summed E-state index contributed by atoms with van der Waals surface area (Å²) >= 11 is 1.47. The van der Waals surface area contributed by atoms with Gasteiger partial charge in [0, 0.05) is 23.1 Å². The summed E-state index contributed by atoms with van der Waals surface area (Å²) in [6.45, 7) is 1.56. The first-order valence-corrected chi connectivity index (χ1v) is 8.27. The van der Waals surface area contributed by atoms with Gasteiger partial charge in [-0.2, -0.15) is 18.4 Å². The van der Waals surface area contributed by atoms with Crippen molar-refractivity contribution in [3.63, 3.8) is 0 Å². The molecule has 24 heavy (non-hydrogen) atoms. The summed E-state index contributed by atoms with van der Waals surface area (Å²) in [6, 6.07) is 9.25. The van der Waals surface area contributed by atoms with Crippen LogP contribution in [0.25, 0.3) is 0 Å². The van der Waals surface area contributed by atoms with E-state index >= 15 is 0 Å². The topological polar surface area (TPSA) is 56.1 Å². The second kappa shape index (κ2) is 9.55. The Morgan fingerprint density at radius 2 is 2.08 bits per heavy atom. The number of anilines is 1. The lowest BCUT2D eigenvalue weighted by atomic mass is 10.3. The molecule has 0 saturated heterocycles.